The number of aliphatic hydroxyl groups is 2. The first-order valence-corrected chi connectivity index (χ1v) is 7.28. The first kappa shape index (κ1) is 17.2. The molecule has 0 aliphatic carbocycles. The monoisotopic (exact) mass is 320 g/mol. The highest BCUT2D eigenvalue weighted by Crippen LogP contribution is 2.36. The summed E-state index contributed by atoms with van der Waals surface area (Å²) >= 11 is 0. The molecule has 0 atom stereocenters. The third kappa shape index (κ3) is 4.00. The molecule has 2 rings (SSSR count). The molecule has 2 aromatic rings. The lowest BCUT2D eigenvalue weighted by atomic mass is 10.0. The van der Waals surface area contributed by atoms with Crippen LogP contribution < -0.4 is 9.47 Å². The van der Waals surface area contributed by atoms with E-state index in [4.69, 9.17) is 9.47 Å². The molecule has 0 aromatic heterocycles. The van der Waals surface area contributed by atoms with Gasteiger partial charge in [-0.2, -0.15) is 0 Å². The van der Waals surface area contributed by atoms with Gasteiger partial charge in [-0.05, 0) is 43.7 Å². The van der Waals surface area contributed by atoms with Crippen LogP contribution >= 0.6 is 0 Å². The van der Waals surface area contributed by atoms with Crippen LogP contribution in [0.3, 0.4) is 0 Å². The second-order valence-electron chi connectivity index (χ2n) is 5.85. The second kappa shape index (κ2) is 6.98. The van der Waals surface area contributed by atoms with Crippen molar-refractivity contribution in [3.05, 3.63) is 47.8 Å². The third-order valence-corrected chi connectivity index (χ3v) is 3.46. The van der Waals surface area contributed by atoms with Crippen LogP contribution in [-0.2, 0) is 6.61 Å². The zero-order valence-corrected chi connectivity index (χ0v) is 13.5. The van der Waals surface area contributed by atoms with Crippen molar-refractivity contribution in [3.8, 4) is 22.6 Å². The number of methoxy groups -OCH3 is 1. The van der Waals surface area contributed by atoms with E-state index in [-0.39, 0.29) is 13.2 Å². The van der Waals surface area contributed by atoms with Crippen molar-refractivity contribution in [1.29, 1.82) is 0 Å². The van der Waals surface area contributed by atoms with Gasteiger partial charge in [-0.3, -0.25) is 0 Å². The summed E-state index contributed by atoms with van der Waals surface area (Å²) in [7, 11) is 1.51. The van der Waals surface area contributed by atoms with Crippen molar-refractivity contribution in [2.45, 2.75) is 26.1 Å². The molecule has 0 amide bonds. The molecule has 2 N–H and O–H groups in total. The van der Waals surface area contributed by atoms with Gasteiger partial charge in [0.2, 0.25) is 0 Å². The number of rotatable bonds is 6. The van der Waals surface area contributed by atoms with Gasteiger partial charge in [-0.1, -0.05) is 12.1 Å². The van der Waals surface area contributed by atoms with Gasteiger partial charge in [0.25, 0.3) is 0 Å². The quantitative estimate of drug-likeness (QED) is 0.858. The predicted molar refractivity (Wildman–Crippen MR) is 86.1 cm³/mol. The Kier molecular flexibility index (Phi) is 5.23. The number of hydrogen-bond acceptors (Lipinski definition) is 4. The van der Waals surface area contributed by atoms with Crippen LogP contribution in [0.2, 0.25) is 0 Å². The molecule has 0 aliphatic rings. The molecule has 0 radical (unpaired) electrons. The van der Waals surface area contributed by atoms with Gasteiger partial charge < -0.3 is 19.7 Å². The van der Waals surface area contributed by atoms with Crippen LogP contribution in [0.25, 0.3) is 11.1 Å². The molecule has 2 aromatic carbocycles. The Bertz CT molecular complexity index is 683. The van der Waals surface area contributed by atoms with E-state index in [1.807, 2.05) is 0 Å². The van der Waals surface area contributed by atoms with Crippen molar-refractivity contribution in [3.63, 3.8) is 0 Å². The van der Waals surface area contributed by atoms with Crippen LogP contribution in [-0.4, -0.2) is 29.5 Å². The zero-order chi connectivity index (χ0) is 17.0. The van der Waals surface area contributed by atoms with Crippen molar-refractivity contribution in [2.24, 2.45) is 0 Å². The molecule has 124 valence electrons. The Balaban J connectivity index is 2.57. The number of halogens is 1. The molecule has 0 unspecified atom stereocenters. The summed E-state index contributed by atoms with van der Waals surface area (Å²) in [5.74, 6) is 0.511. The smallest absolute Gasteiger partial charge is 0.131 e. The molecule has 0 spiro atoms. The normalized spacial score (nSPS) is 11.4. The van der Waals surface area contributed by atoms with E-state index in [0.717, 1.165) is 0 Å². The van der Waals surface area contributed by atoms with Gasteiger partial charge in [0, 0.05) is 11.1 Å². The Labute approximate surface area is 135 Å². The van der Waals surface area contributed by atoms with E-state index in [1.54, 1.807) is 44.2 Å². The van der Waals surface area contributed by atoms with Gasteiger partial charge in [0.1, 0.15) is 22.9 Å². The average Bonchev–Trinajstić information content (AvgIpc) is 2.55. The number of hydrogen-bond donors (Lipinski definition) is 2. The molecule has 5 heteroatoms. The molecule has 0 fully saturated rings. The third-order valence-electron chi connectivity index (χ3n) is 3.46. The lowest BCUT2D eigenvalue weighted by molar-refractivity contribution is 0.0416. The highest BCUT2D eigenvalue weighted by atomic mass is 19.1. The van der Waals surface area contributed by atoms with Crippen molar-refractivity contribution < 1.29 is 24.1 Å². The molecular weight excluding hydrogens is 299 g/mol. The van der Waals surface area contributed by atoms with E-state index in [9.17, 15) is 14.6 Å². The fourth-order valence-electron chi connectivity index (χ4n) is 2.14. The number of benzene rings is 2. The first-order chi connectivity index (χ1) is 10.9. The van der Waals surface area contributed by atoms with Gasteiger partial charge in [0.05, 0.1) is 20.3 Å². The molecule has 0 saturated carbocycles. The SMILES string of the molecule is COc1ccc(F)c(-c2ccc(CO)cc2OC(C)(C)CO)c1. The predicted octanol–water partition coefficient (Wildman–Crippen LogP) is 3.14. The Morgan fingerprint density at radius 1 is 1.04 bits per heavy atom. The molecule has 0 saturated heterocycles. The van der Waals surface area contributed by atoms with Crippen LogP contribution in [0.4, 0.5) is 4.39 Å². The highest BCUT2D eigenvalue weighted by molar-refractivity contribution is 5.72. The summed E-state index contributed by atoms with van der Waals surface area (Å²) < 4.78 is 25.2. The molecular formula is C18H21FO4. The molecule has 4 nitrogen and oxygen atoms in total. The van der Waals surface area contributed by atoms with Crippen molar-refractivity contribution >= 4 is 0 Å². The van der Waals surface area contributed by atoms with Gasteiger partial charge in [-0.25, -0.2) is 4.39 Å². The van der Waals surface area contributed by atoms with Gasteiger partial charge >= 0.3 is 0 Å². The Hall–Kier alpha value is -2.11. The summed E-state index contributed by atoms with van der Waals surface area (Å²) in [5.41, 5.74) is 0.663. The van der Waals surface area contributed by atoms with Crippen LogP contribution in [0, 0.1) is 5.82 Å². The van der Waals surface area contributed by atoms with Crippen molar-refractivity contribution in [2.75, 3.05) is 13.7 Å². The molecule has 23 heavy (non-hydrogen) atoms. The molecule has 0 aliphatic heterocycles. The minimum atomic E-state index is -0.835. The number of aliphatic hydroxyl groups excluding tert-OH is 2. The summed E-state index contributed by atoms with van der Waals surface area (Å²) in [6, 6.07) is 9.49. The topological polar surface area (TPSA) is 58.9 Å². The summed E-state index contributed by atoms with van der Waals surface area (Å²) in [5, 5.41) is 18.7. The fraction of sp³-hybridized carbons (Fsp3) is 0.333. The van der Waals surface area contributed by atoms with E-state index in [0.29, 0.717) is 28.2 Å². The zero-order valence-electron chi connectivity index (χ0n) is 13.5. The fourth-order valence-corrected chi connectivity index (χ4v) is 2.14. The lowest BCUT2D eigenvalue weighted by Crippen LogP contribution is -2.32. The minimum absolute atomic E-state index is 0.156. The summed E-state index contributed by atoms with van der Waals surface area (Å²) in [4.78, 5) is 0. The Morgan fingerprint density at radius 3 is 2.39 bits per heavy atom. The lowest BCUT2D eigenvalue weighted by Gasteiger charge is -2.26. The van der Waals surface area contributed by atoms with Crippen molar-refractivity contribution in [1.82, 2.24) is 0 Å². The molecule has 0 heterocycles. The average molecular weight is 320 g/mol. The summed E-state index contributed by atoms with van der Waals surface area (Å²) in [6.07, 6.45) is 0. The first-order valence-electron chi connectivity index (χ1n) is 7.28. The van der Waals surface area contributed by atoms with E-state index < -0.39 is 11.4 Å². The second-order valence-corrected chi connectivity index (χ2v) is 5.85. The standard InChI is InChI=1S/C18H21FO4/c1-18(2,11-21)23-17-8-12(10-20)4-6-14(17)15-9-13(22-3)5-7-16(15)19/h4-9,20-21H,10-11H2,1-3H3. The van der Waals surface area contributed by atoms with E-state index >= 15 is 0 Å². The molecule has 0 bridgehead atoms. The largest absolute Gasteiger partial charge is 0.497 e. The van der Waals surface area contributed by atoms with E-state index in [2.05, 4.69) is 0 Å². The summed E-state index contributed by atoms with van der Waals surface area (Å²) in [6.45, 7) is 3.10. The maximum atomic E-state index is 14.3. The van der Waals surface area contributed by atoms with Gasteiger partial charge in [0.15, 0.2) is 0 Å². The number of ether oxygens (including phenoxy) is 2. The Morgan fingerprint density at radius 2 is 1.78 bits per heavy atom. The maximum absolute atomic E-state index is 14.3. The van der Waals surface area contributed by atoms with Gasteiger partial charge in [-0.15, -0.1) is 0 Å². The van der Waals surface area contributed by atoms with E-state index in [1.165, 1.54) is 13.2 Å². The minimum Gasteiger partial charge on any atom is -0.497 e. The van der Waals surface area contributed by atoms with Crippen LogP contribution in [0.5, 0.6) is 11.5 Å². The van der Waals surface area contributed by atoms with Crippen LogP contribution in [0.15, 0.2) is 36.4 Å². The van der Waals surface area contributed by atoms with Crippen LogP contribution in [0.1, 0.15) is 19.4 Å². The maximum Gasteiger partial charge on any atom is 0.131 e. The highest BCUT2D eigenvalue weighted by Gasteiger charge is 2.22.